The van der Waals surface area contributed by atoms with E-state index in [1.54, 1.807) is 31.2 Å². The van der Waals surface area contributed by atoms with Crippen LogP contribution in [0.5, 0.6) is 0 Å². The maximum absolute atomic E-state index is 12.4. The molecule has 1 aromatic rings. The number of carboxylic acid groups (broad SMARTS) is 1. The highest BCUT2D eigenvalue weighted by atomic mass is 16.4. The highest BCUT2D eigenvalue weighted by Crippen LogP contribution is 2.35. The molecular formula is C17H23N5O4. The van der Waals surface area contributed by atoms with E-state index < -0.39 is 23.5 Å². The number of nitrogens with one attached hydrogen (secondary N) is 4. The van der Waals surface area contributed by atoms with Gasteiger partial charge in [0.1, 0.15) is 11.4 Å². The topological polar surface area (TPSA) is 157 Å². The Balaban J connectivity index is 1.85. The van der Waals surface area contributed by atoms with Crippen LogP contribution in [0.3, 0.4) is 0 Å². The number of hydrogen-bond donors (Lipinski definition) is 6. The molecule has 26 heavy (non-hydrogen) atoms. The fourth-order valence-electron chi connectivity index (χ4n) is 2.36. The van der Waals surface area contributed by atoms with Crippen molar-refractivity contribution in [1.82, 2.24) is 16.0 Å². The van der Waals surface area contributed by atoms with E-state index >= 15 is 0 Å². The van der Waals surface area contributed by atoms with Crippen molar-refractivity contribution >= 4 is 23.6 Å². The molecule has 0 saturated heterocycles. The van der Waals surface area contributed by atoms with Gasteiger partial charge in [0.05, 0.1) is 12.6 Å². The largest absolute Gasteiger partial charge is 0.480 e. The number of hydrogen-bond acceptors (Lipinski definition) is 5. The van der Waals surface area contributed by atoms with E-state index in [-0.39, 0.29) is 18.3 Å². The van der Waals surface area contributed by atoms with Crippen LogP contribution in [0.4, 0.5) is 0 Å². The SMILES string of the molecule is C[C@@H](NCC(=O)O)C(=O)NC1(C(=O)NCc2ccc(C(=N)N)cc2)CC1. The van der Waals surface area contributed by atoms with Crippen molar-refractivity contribution in [3.05, 3.63) is 35.4 Å². The molecule has 1 saturated carbocycles. The first-order valence-electron chi connectivity index (χ1n) is 8.22. The molecule has 0 unspecified atom stereocenters. The molecular weight excluding hydrogens is 338 g/mol. The summed E-state index contributed by atoms with van der Waals surface area (Å²) in [7, 11) is 0. The average Bonchev–Trinajstić information content (AvgIpc) is 3.38. The van der Waals surface area contributed by atoms with Crippen molar-refractivity contribution in [2.45, 2.75) is 37.9 Å². The van der Waals surface area contributed by atoms with E-state index in [0.717, 1.165) is 5.56 Å². The Hall–Kier alpha value is -2.94. The summed E-state index contributed by atoms with van der Waals surface area (Å²) in [6.45, 7) is 1.51. The predicted octanol–water partition coefficient (Wildman–Crippen LogP) is -0.702. The fourth-order valence-corrected chi connectivity index (χ4v) is 2.36. The van der Waals surface area contributed by atoms with Crippen LogP contribution < -0.4 is 21.7 Å². The van der Waals surface area contributed by atoms with Crippen LogP contribution in [0, 0.1) is 5.41 Å². The molecule has 0 bridgehead atoms. The molecule has 0 aromatic heterocycles. The number of nitrogen functional groups attached to an aromatic ring is 1. The lowest BCUT2D eigenvalue weighted by atomic mass is 10.1. The van der Waals surface area contributed by atoms with Gasteiger partial charge in [0.15, 0.2) is 0 Å². The molecule has 9 heteroatoms. The number of aliphatic carboxylic acids is 1. The summed E-state index contributed by atoms with van der Waals surface area (Å²) < 4.78 is 0. The first-order chi connectivity index (χ1) is 12.2. The lowest BCUT2D eigenvalue weighted by Gasteiger charge is -2.20. The Kier molecular flexibility index (Phi) is 5.93. The molecule has 1 fully saturated rings. The van der Waals surface area contributed by atoms with E-state index in [2.05, 4.69) is 16.0 Å². The summed E-state index contributed by atoms with van der Waals surface area (Å²) in [5, 5.41) is 24.0. The van der Waals surface area contributed by atoms with Crippen LogP contribution >= 0.6 is 0 Å². The van der Waals surface area contributed by atoms with Crippen LogP contribution in [-0.4, -0.2) is 46.9 Å². The summed E-state index contributed by atoms with van der Waals surface area (Å²) in [5.74, 6) is -1.76. The van der Waals surface area contributed by atoms with Crippen molar-refractivity contribution in [3.8, 4) is 0 Å². The van der Waals surface area contributed by atoms with Gasteiger partial charge in [-0.05, 0) is 25.3 Å². The second kappa shape index (κ2) is 7.96. The first kappa shape index (κ1) is 19.4. The number of nitrogens with two attached hydrogens (primary N) is 1. The second-order valence-electron chi connectivity index (χ2n) is 6.36. The molecule has 2 rings (SSSR count). The molecule has 1 aliphatic rings. The zero-order chi connectivity index (χ0) is 19.3. The minimum absolute atomic E-state index is 0.0224. The summed E-state index contributed by atoms with van der Waals surface area (Å²) in [5.41, 5.74) is 5.93. The second-order valence-corrected chi connectivity index (χ2v) is 6.36. The molecule has 140 valence electrons. The smallest absolute Gasteiger partial charge is 0.317 e. The highest BCUT2D eigenvalue weighted by Gasteiger charge is 2.51. The number of carbonyl (C=O) groups excluding carboxylic acids is 2. The molecule has 0 radical (unpaired) electrons. The number of amidine groups is 1. The van der Waals surface area contributed by atoms with Crippen molar-refractivity contribution in [2.24, 2.45) is 5.73 Å². The number of rotatable bonds is 9. The molecule has 0 spiro atoms. The number of benzene rings is 1. The lowest BCUT2D eigenvalue weighted by molar-refractivity contribution is -0.136. The Morgan fingerprint density at radius 1 is 1.27 bits per heavy atom. The van der Waals surface area contributed by atoms with Gasteiger partial charge in [0.2, 0.25) is 11.8 Å². The van der Waals surface area contributed by atoms with E-state index in [0.29, 0.717) is 24.9 Å². The zero-order valence-electron chi connectivity index (χ0n) is 14.5. The summed E-state index contributed by atoms with van der Waals surface area (Å²) in [6, 6.07) is 6.23. The van der Waals surface area contributed by atoms with Gasteiger partial charge in [0, 0.05) is 12.1 Å². The number of carboxylic acids is 1. The van der Waals surface area contributed by atoms with Gasteiger partial charge in [-0.3, -0.25) is 25.1 Å². The van der Waals surface area contributed by atoms with Crippen molar-refractivity contribution < 1.29 is 19.5 Å². The van der Waals surface area contributed by atoms with Crippen LogP contribution in [0.1, 0.15) is 30.9 Å². The molecule has 9 nitrogen and oxygen atoms in total. The molecule has 1 aromatic carbocycles. The third-order valence-corrected chi connectivity index (χ3v) is 4.22. The van der Waals surface area contributed by atoms with Crippen molar-refractivity contribution in [1.29, 1.82) is 5.41 Å². The lowest BCUT2D eigenvalue weighted by Crippen LogP contribution is -2.54. The van der Waals surface area contributed by atoms with Crippen LogP contribution in [0.15, 0.2) is 24.3 Å². The van der Waals surface area contributed by atoms with Crippen molar-refractivity contribution in [2.75, 3.05) is 6.54 Å². The molecule has 0 heterocycles. The Morgan fingerprint density at radius 2 is 1.88 bits per heavy atom. The maximum atomic E-state index is 12.4. The van der Waals surface area contributed by atoms with Crippen LogP contribution in [0.2, 0.25) is 0 Å². The predicted molar refractivity (Wildman–Crippen MR) is 94.5 cm³/mol. The van der Waals surface area contributed by atoms with Gasteiger partial charge in [-0.1, -0.05) is 24.3 Å². The Morgan fingerprint density at radius 3 is 2.38 bits per heavy atom. The molecule has 7 N–H and O–H groups in total. The molecule has 0 aliphatic heterocycles. The van der Waals surface area contributed by atoms with Crippen molar-refractivity contribution in [3.63, 3.8) is 0 Å². The normalized spacial score (nSPS) is 15.6. The zero-order valence-corrected chi connectivity index (χ0v) is 14.5. The van der Waals surface area contributed by atoms with Gasteiger partial charge in [-0.25, -0.2) is 0 Å². The minimum atomic E-state index is -1.06. The van der Waals surface area contributed by atoms with E-state index in [1.807, 2.05) is 0 Å². The highest BCUT2D eigenvalue weighted by molar-refractivity contribution is 5.96. The summed E-state index contributed by atoms with van der Waals surface area (Å²) >= 11 is 0. The summed E-state index contributed by atoms with van der Waals surface area (Å²) in [4.78, 5) is 35.1. The molecule has 1 atom stereocenters. The third-order valence-electron chi connectivity index (χ3n) is 4.22. The Bertz CT molecular complexity index is 712. The average molecular weight is 361 g/mol. The monoisotopic (exact) mass is 361 g/mol. The Labute approximate surface area is 150 Å². The van der Waals surface area contributed by atoms with Gasteiger partial charge < -0.3 is 21.5 Å². The molecule has 1 aliphatic carbocycles. The van der Waals surface area contributed by atoms with E-state index in [1.165, 1.54) is 0 Å². The number of amides is 2. The summed E-state index contributed by atoms with van der Waals surface area (Å²) in [6.07, 6.45) is 1.08. The van der Waals surface area contributed by atoms with Gasteiger partial charge in [-0.15, -0.1) is 0 Å². The first-order valence-corrected chi connectivity index (χ1v) is 8.22. The van der Waals surface area contributed by atoms with Gasteiger partial charge >= 0.3 is 5.97 Å². The van der Waals surface area contributed by atoms with Crippen LogP contribution in [0.25, 0.3) is 0 Å². The quantitative estimate of drug-likeness (QED) is 0.252. The van der Waals surface area contributed by atoms with E-state index in [9.17, 15) is 14.4 Å². The number of carbonyl (C=O) groups is 3. The standard InChI is InChI=1S/C17H23N5O4/c1-10(20-9-13(23)24)15(25)22-17(6-7-17)16(26)21-8-11-2-4-12(5-3-11)14(18)19/h2-5,10,20H,6-9H2,1H3,(H3,18,19)(H,21,26)(H,22,25)(H,23,24)/t10-/m1/s1. The van der Waals surface area contributed by atoms with E-state index in [4.69, 9.17) is 16.2 Å². The fraction of sp³-hybridized carbons (Fsp3) is 0.412. The van der Waals surface area contributed by atoms with Gasteiger partial charge in [-0.2, -0.15) is 0 Å². The van der Waals surface area contributed by atoms with Gasteiger partial charge in [0.25, 0.3) is 0 Å². The van der Waals surface area contributed by atoms with Crippen LogP contribution in [-0.2, 0) is 20.9 Å². The molecule has 2 amide bonds. The minimum Gasteiger partial charge on any atom is -0.480 e. The third kappa shape index (κ3) is 5.03. The maximum Gasteiger partial charge on any atom is 0.317 e.